The maximum atomic E-state index is 13.5. The van der Waals surface area contributed by atoms with E-state index in [0.29, 0.717) is 29.8 Å². The summed E-state index contributed by atoms with van der Waals surface area (Å²) in [5.74, 6) is -0.320. The quantitative estimate of drug-likeness (QED) is 0.796. The molecule has 0 spiro atoms. The van der Waals surface area contributed by atoms with E-state index in [0.717, 1.165) is 37.8 Å². The minimum atomic E-state index is -3.73. The van der Waals surface area contributed by atoms with E-state index >= 15 is 0 Å². The average Bonchev–Trinajstić information content (AvgIpc) is 3.27. The largest absolute Gasteiger partial charge is 0.353 e. The van der Waals surface area contributed by atoms with Crippen LogP contribution < -0.4 is 10.6 Å². The summed E-state index contributed by atoms with van der Waals surface area (Å²) < 4.78 is 25.7. The molecule has 1 amide bonds. The number of benzene rings is 1. The Labute approximate surface area is 162 Å². The van der Waals surface area contributed by atoms with Crippen LogP contribution in [0.2, 0.25) is 0 Å². The highest BCUT2D eigenvalue weighted by molar-refractivity contribution is 7.93. The molecule has 1 aromatic rings. The van der Waals surface area contributed by atoms with Gasteiger partial charge in [-0.3, -0.25) is 4.79 Å². The monoisotopic (exact) mass is 400 g/mol. The molecule has 2 N–H and O–H groups in total. The second-order valence-corrected chi connectivity index (χ2v) is 9.71. The molecule has 1 unspecified atom stereocenters. The molecule has 7 heteroatoms. The fraction of sp³-hybridized carbons (Fsp3) is 0.632. The van der Waals surface area contributed by atoms with Gasteiger partial charge in [0.15, 0.2) is 14.6 Å². The second kappa shape index (κ2) is 8.28. The Hall–Kier alpha value is -1.11. The van der Waals surface area contributed by atoms with Crippen LogP contribution in [0, 0.1) is 13.8 Å². The molecular formula is C19H29ClN2O3S. The predicted octanol–water partition coefficient (Wildman–Crippen LogP) is 2.68. The van der Waals surface area contributed by atoms with Crippen molar-refractivity contribution in [3.8, 4) is 0 Å². The average molecular weight is 401 g/mol. The van der Waals surface area contributed by atoms with Crippen molar-refractivity contribution in [2.75, 3.05) is 13.1 Å². The van der Waals surface area contributed by atoms with Gasteiger partial charge in [0.05, 0.1) is 4.90 Å². The first-order valence-corrected chi connectivity index (χ1v) is 10.7. The second-order valence-electron chi connectivity index (χ2n) is 7.48. The molecule has 1 saturated heterocycles. The molecule has 1 atom stereocenters. The lowest BCUT2D eigenvalue weighted by molar-refractivity contribution is -0.123. The number of aryl methyl sites for hydroxylation is 2. The standard InChI is InChI=1S/C19H28N2O3S.ClH/c1-14-7-8-15(2)17(12-14)25(23,24)19(9-3-4-10-19)18(22)21-13-16-6-5-11-20-16;/h7-8,12,16,20H,3-6,9-11,13H2,1-2H3,(H,21,22);1H. The summed E-state index contributed by atoms with van der Waals surface area (Å²) in [4.78, 5) is 13.3. The molecule has 2 fully saturated rings. The van der Waals surface area contributed by atoms with E-state index in [4.69, 9.17) is 0 Å². The van der Waals surface area contributed by atoms with Crippen molar-refractivity contribution in [2.24, 2.45) is 0 Å². The van der Waals surface area contributed by atoms with Gasteiger partial charge in [-0.05, 0) is 63.3 Å². The number of carbonyl (C=O) groups is 1. The summed E-state index contributed by atoms with van der Waals surface area (Å²) in [5.41, 5.74) is 1.61. The lowest BCUT2D eigenvalue weighted by atomic mass is 10.1. The molecule has 1 heterocycles. The van der Waals surface area contributed by atoms with Crippen molar-refractivity contribution >= 4 is 28.2 Å². The molecule has 146 valence electrons. The SMILES string of the molecule is Cc1ccc(C)c(S(=O)(=O)C2(C(=O)NCC3CCCN3)CCCC2)c1.Cl. The van der Waals surface area contributed by atoms with Crippen LogP contribution in [0.15, 0.2) is 23.1 Å². The highest BCUT2D eigenvalue weighted by atomic mass is 35.5. The van der Waals surface area contributed by atoms with E-state index in [2.05, 4.69) is 10.6 Å². The highest BCUT2D eigenvalue weighted by Gasteiger charge is 2.53. The number of rotatable bonds is 5. The molecule has 1 saturated carbocycles. The Morgan fingerprint density at radius 1 is 1.23 bits per heavy atom. The van der Waals surface area contributed by atoms with E-state index < -0.39 is 14.6 Å². The summed E-state index contributed by atoms with van der Waals surface area (Å²) in [5, 5.41) is 6.27. The maximum Gasteiger partial charge on any atom is 0.241 e. The van der Waals surface area contributed by atoms with Crippen molar-refractivity contribution in [1.29, 1.82) is 0 Å². The lowest BCUT2D eigenvalue weighted by Crippen LogP contribution is -2.52. The summed E-state index contributed by atoms with van der Waals surface area (Å²) in [6.07, 6.45) is 4.50. The topological polar surface area (TPSA) is 75.3 Å². The van der Waals surface area contributed by atoms with Gasteiger partial charge in [-0.1, -0.05) is 25.0 Å². The van der Waals surface area contributed by atoms with E-state index in [-0.39, 0.29) is 24.4 Å². The molecule has 2 aliphatic rings. The number of amides is 1. The number of halogens is 1. The Morgan fingerprint density at radius 2 is 1.92 bits per heavy atom. The van der Waals surface area contributed by atoms with Crippen molar-refractivity contribution in [3.63, 3.8) is 0 Å². The van der Waals surface area contributed by atoms with Gasteiger partial charge in [0, 0.05) is 12.6 Å². The van der Waals surface area contributed by atoms with Crippen LogP contribution in [0.1, 0.15) is 49.7 Å². The van der Waals surface area contributed by atoms with Gasteiger partial charge in [-0.15, -0.1) is 12.4 Å². The molecule has 3 rings (SSSR count). The zero-order chi connectivity index (χ0) is 18.1. The number of hydrogen-bond acceptors (Lipinski definition) is 4. The first kappa shape index (κ1) is 21.2. The molecule has 0 aromatic heterocycles. The number of sulfone groups is 1. The summed E-state index contributed by atoms with van der Waals surface area (Å²) >= 11 is 0. The number of nitrogens with one attached hydrogen (secondary N) is 2. The van der Waals surface area contributed by atoms with Gasteiger partial charge < -0.3 is 10.6 Å². The fourth-order valence-corrected chi connectivity index (χ4v) is 6.48. The summed E-state index contributed by atoms with van der Waals surface area (Å²) in [6.45, 7) is 5.15. The first-order valence-electron chi connectivity index (χ1n) is 9.20. The van der Waals surface area contributed by atoms with Gasteiger partial charge >= 0.3 is 0 Å². The molecule has 0 bridgehead atoms. The Kier molecular flexibility index (Phi) is 6.75. The minimum Gasteiger partial charge on any atom is -0.353 e. The summed E-state index contributed by atoms with van der Waals surface area (Å²) in [6, 6.07) is 5.69. The van der Waals surface area contributed by atoms with Crippen LogP contribution in [-0.4, -0.2) is 38.2 Å². The molecule has 26 heavy (non-hydrogen) atoms. The smallest absolute Gasteiger partial charge is 0.241 e. The van der Waals surface area contributed by atoms with E-state index in [1.807, 2.05) is 19.1 Å². The molecule has 1 aromatic carbocycles. The van der Waals surface area contributed by atoms with Crippen molar-refractivity contribution in [2.45, 2.75) is 68.1 Å². The third-order valence-corrected chi connectivity index (χ3v) is 8.29. The minimum absolute atomic E-state index is 0. The van der Waals surface area contributed by atoms with E-state index in [9.17, 15) is 13.2 Å². The molecule has 5 nitrogen and oxygen atoms in total. The molecule has 1 aliphatic carbocycles. The van der Waals surface area contributed by atoms with E-state index in [1.165, 1.54) is 0 Å². The highest BCUT2D eigenvalue weighted by Crippen LogP contribution is 2.41. The van der Waals surface area contributed by atoms with Gasteiger partial charge in [0.25, 0.3) is 0 Å². The third kappa shape index (κ3) is 3.78. The Balaban J connectivity index is 0.00000243. The van der Waals surface area contributed by atoms with Crippen LogP contribution in [0.3, 0.4) is 0 Å². The van der Waals surface area contributed by atoms with Crippen LogP contribution >= 0.6 is 12.4 Å². The van der Waals surface area contributed by atoms with Crippen LogP contribution in [-0.2, 0) is 14.6 Å². The van der Waals surface area contributed by atoms with E-state index in [1.54, 1.807) is 13.0 Å². The fourth-order valence-electron chi connectivity index (χ4n) is 4.08. The predicted molar refractivity (Wildman–Crippen MR) is 106 cm³/mol. The van der Waals surface area contributed by atoms with Gasteiger partial charge in [0.1, 0.15) is 0 Å². The van der Waals surface area contributed by atoms with Gasteiger partial charge in [0.2, 0.25) is 5.91 Å². The van der Waals surface area contributed by atoms with Crippen LogP contribution in [0.4, 0.5) is 0 Å². The maximum absolute atomic E-state index is 13.5. The number of carbonyl (C=O) groups excluding carboxylic acids is 1. The Bertz CT molecular complexity index is 752. The van der Waals surface area contributed by atoms with Gasteiger partial charge in [-0.25, -0.2) is 8.42 Å². The zero-order valence-electron chi connectivity index (χ0n) is 15.5. The molecule has 1 aliphatic heterocycles. The Morgan fingerprint density at radius 3 is 2.54 bits per heavy atom. The normalized spacial score (nSPS) is 22.0. The van der Waals surface area contributed by atoms with Gasteiger partial charge in [-0.2, -0.15) is 0 Å². The van der Waals surface area contributed by atoms with Crippen molar-refractivity contribution < 1.29 is 13.2 Å². The number of hydrogen-bond donors (Lipinski definition) is 2. The lowest BCUT2D eigenvalue weighted by Gasteiger charge is -2.29. The molecule has 0 radical (unpaired) electrons. The van der Waals surface area contributed by atoms with Crippen LogP contribution in [0.5, 0.6) is 0 Å². The van der Waals surface area contributed by atoms with Crippen molar-refractivity contribution in [3.05, 3.63) is 29.3 Å². The third-order valence-electron chi connectivity index (χ3n) is 5.64. The molecular weight excluding hydrogens is 372 g/mol. The zero-order valence-corrected chi connectivity index (χ0v) is 17.1. The van der Waals surface area contributed by atoms with Crippen molar-refractivity contribution in [1.82, 2.24) is 10.6 Å². The van der Waals surface area contributed by atoms with Crippen LogP contribution in [0.25, 0.3) is 0 Å². The first-order chi connectivity index (χ1) is 11.9. The summed E-state index contributed by atoms with van der Waals surface area (Å²) in [7, 11) is -3.73.